The van der Waals surface area contributed by atoms with Gasteiger partial charge in [0.2, 0.25) is 0 Å². The van der Waals surface area contributed by atoms with E-state index < -0.39 is 41.9 Å². The SMILES string of the molecule is COC(=O)C(O)[C@H]1[C@H](NC(=O)OC(C)(C)C)CCN1C(=O)OCc1ccccc1. The average Bonchev–Trinajstić information content (AvgIpc) is 3.07. The minimum Gasteiger partial charge on any atom is -0.467 e. The number of ether oxygens (including phenoxy) is 3. The summed E-state index contributed by atoms with van der Waals surface area (Å²) in [6.07, 6.45) is -2.73. The second kappa shape index (κ2) is 9.60. The van der Waals surface area contributed by atoms with Crippen LogP contribution in [0.5, 0.6) is 0 Å². The normalized spacial score (nSPS) is 20.0. The third kappa shape index (κ3) is 6.35. The van der Waals surface area contributed by atoms with Crippen molar-refractivity contribution in [1.82, 2.24) is 10.2 Å². The van der Waals surface area contributed by atoms with Gasteiger partial charge in [-0.2, -0.15) is 0 Å². The van der Waals surface area contributed by atoms with Gasteiger partial charge in [0.25, 0.3) is 0 Å². The lowest BCUT2D eigenvalue weighted by Gasteiger charge is -2.31. The van der Waals surface area contributed by atoms with Crippen LogP contribution in [0, 0.1) is 0 Å². The highest BCUT2D eigenvalue weighted by atomic mass is 16.6. The van der Waals surface area contributed by atoms with Crippen molar-refractivity contribution in [2.75, 3.05) is 13.7 Å². The van der Waals surface area contributed by atoms with Crippen molar-refractivity contribution < 1.29 is 33.7 Å². The van der Waals surface area contributed by atoms with Crippen LogP contribution >= 0.6 is 0 Å². The number of alkyl carbamates (subject to hydrolysis) is 1. The monoisotopic (exact) mass is 408 g/mol. The Bertz CT molecular complexity index is 717. The summed E-state index contributed by atoms with van der Waals surface area (Å²) >= 11 is 0. The van der Waals surface area contributed by atoms with Crippen molar-refractivity contribution in [2.24, 2.45) is 0 Å². The Morgan fingerprint density at radius 2 is 1.90 bits per heavy atom. The highest BCUT2D eigenvalue weighted by Crippen LogP contribution is 2.24. The van der Waals surface area contributed by atoms with E-state index in [0.29, 0.717) is 6.42 Å². The highest BCUT2D eigenvalue weighted by Gasteiger charge is 2.46. The summed E-state index contributed by atoms with van der Waals surface area (Å²) in [5.74, 6) is -0.909. The van der Waals surface area contributed by atoms with E-state index in [1.807, 2.05) is 30.3 Å². The van der Waals surface area contributed by atoms with Crippen LogP contribution in [0.15, 0.2) is 30.3 Å². The van der Waals surface area contributed by atoms with E-state index in [4.69, 9.17) is 9.47 Å². The number of aliphatic hydroxyl groups is 1. The van der Waals surface area contributed by atoms with Crippen LogP contribution in [0.4, 0.5) is 9.59 Å². The largest absolute Gasteiger partial charge is 0.467 e. The number of carbonyl (C=O) groups excluding carboxylic acids is 3. The van der Waals surface area contributed by atoms with Gasteiger partial charge in [-0.25, -0.2) is 14.4 Å². The molecule has 2 N–H and O–H groups in total. The van der Waals surface area contributed by atoms with Crippen LogP contribution in [-0.4, -0.2) is 65.6 Å². The molecule has 1 aliphatic heterocycles. The molecule has 1 fully saturated rings. The van der Waals surface area contributed by atoms with E-state index in [1.165, 1.54) is 4.90 Å². The minimum atomic E-state index is -1.65. The highest BCUT2D eigenvalue weighted by molar-refractivity contribution is 5.78. The fraction of sp³-hybridized carbons (Fsp3) is 0.550. The second-order valence-electron chi connectivity index (χ2n) is 7.73. The summed E-state index contributed by atoms with van der Waals surface area (Å²) in [6, 6.07) is 7.37. The molecule has 1 aliphatic rings. The molecule has 1 unspecified atom stereocenters. The number of nitrogens with one attached hydrogen (secondary N) is 1. The number of likely N-dealkylation sites (tertiary alicyclic amines) is 1. The van der Waals surface area contributed by atoms with Crippen molar-refractivity contribution in [2.45, 2.75) is 57.6 Å². The number of aliphatic hydroxyl groups excluding tert-OH is 1. The molecule has 0 saturated carbocycles. The Kier molecular flexibility index (Phi) is 7.44. The third-order valence-corrected chi connectivity index (χ3v) is 4.36. The maximum Gasteiger partial charge on any atom is 0.410 e. The molecule has 2 rings (SSSR count). The number of esters is 1. The predicted octanol–water partition coefficient (Wildman–Crippen LogP) is 1.82. The molecule has 160 valence electrons. The minimum absolute atomic E-state index is 0.0430. The standard InChI is InChI=1S/C20H28N2O7/c1-20(2,3)29-18(25)21-14-10-11-22(15(14)16(23)17(24)27-4)19(26)28-12-13-8-6-5-7-9-13/h5-9,14-16,23H,10-12H2,1-4H3,(H,21,25)/t14-,15-,16?/m1/s1. The zero-order valence-electron chi connectivity index (χ0n) is 17.1. The topological polar surface area (TPSA) is 114 Å². The molecule has 0 bridgehead atoms. The Morgan fingerprint density at radius 1 is 1.24 bits per heavy atom. The molecule has 1 saturated heterocycles. The molecular formula is C20H28N2O7. The molecular weight excluding hydrogens is 380 g/mol. The molecule has 0 aromatic heterocycles. The number of amides is 2. The first-order valence-electron chi connectivity index (χ1n) is 9.35. The molecule has 2 amide bonds. The lowest BCUT2D eigenvalue weighted by molar-refractivity contribution is -0.153. The Labute approximate surface area is 169 Å². The fourth-order valence-corrected chi connectivity index (χ4v) is 3.10. The van der Waals surface area contributed by atoms with Gasteiger partial charge in [0.1, 0.15) is 12.2 Å². The van der Waals surface area contributed by atoms with Gasteiger partial charge in [-0.15, -0.1) is 0 Å². The number of methoxy groups -OCH3 is 1. The van der Waals surface area contributed by atoms with E-state index in [2.05, 4.69) is 10.1 Å². The van der Waals surface area contributed by atoms with Crippen LogP contribution < -0.4 is 5.32 Å². The lowest BCUT2D eigenvalue weighted by Crippen LogP contribution is -2.55. The van der Waals surface area contributed by atoms with Crippen LogP contribution in [0.25, 0.3) is 0 Å². The van der Waals surface area contributed by atoms with E-state index in [0.717, 1.165) is 12.7 Å². The molecule has 0 radical (unpaired) electrons. The summed E-state index contributed by atoms with van der Waals surface area (Å²) < 4.78 is 15.2. The Hall–Kier alpha value is -2.81. The number of benzene rings is 1. The second-order valence-corrected chi connectivity index (χ2v) is 7.73. The zero-order valence-corrected chi connectivity index (χ0v) is 17.1. The smallest absolute Gasteiger partial charge is 0.410 e. The van der Waals surface area contributed by atoms with Crippen molar-refractivity contribution in [3.05, 3.63) is 35.9 Å². The van der Waals surface area contributed by atoms with Gasteiger partial charge in [-0.1, -0.05) is 30.3 Å². The molecule has 9 heteroatoms. The number of hydrogen-bond donors (Lipinski definition) is 2. The molecule has 29 heavy (non-hydrogen) atoms. The molecule has 9 nitrogen and oxygen atoms in total. The first kappa shape index (κ1) is 22.5. The molecule has 1 aromatic carbocycles. The number of carbonyl (C=O) groups is 3. The van der Waals surface area contributed by atoms with E-state index in [-0.39, 0.29) is 13.2 Å². The lowest BCUT2D eigenvalue weighted by atomic mass is 10.0. The number of nitrogens with zero attached hydrogens (tertiary/aromatic N) is 1. The van der Waals surface area contributed by atoms with E-state index in [1.54, 1.807) is 20.8 Å². The van der Waals surface area contributed by atoms with E-state index >= 15 is 0 Å². The first-order valence-corrected chi connectivity index (χ1v) is 9.35. The molecule has 3 atom stereocenters. The quantitative estimate of drug-likeness (QED) is 0.564. The van der Waals surface area contributed by atoms with E-state index in [9.17, 15) is 19.5 Å². The van der Waals surface area contributed by atoms with Crippen molar-refractivity contribution >= 4 is 18.2 Å². The molecule has 1 aromatic rings. The Balaban J connectivity index is 2.10. The van der Waals surface area contributed by atoms with Crippen molar-refractivity contribution in [3.63, 3.8) is 0 Å². The van der Waals surface area contributed by atoms with Crippen LogP contribution in [0.3, 0.4) is 0 Å². The summed E-state index contributed by atoms with van der Waals surface area (Å²) in [5.41, 5.74) is 0.0847. The maximum atomic E-state index is 12.6. The van der Waals surface area contributed by atoms with Gasteiger partial charge in [0, 0.05) is 6.54 Å². The summed E-state index contributed by atoms with van der Waals surface area (Å²) in [7, 11) is 1.13. The van der Waals surface area contributed by atoms with Gasteiger partial charge >= 0.3 is 18.2 Å². The average molecular weight is 408 g/mol. The molecule has 0 aliphatic carbocycles. The molecule has 0 spiro atoms. The first-order chi connectivity index (χ1) is 13.6. The van der Waals surface area contributed by atoms with Crippen LogP contribution in [0.1, 0.15) is 32.8 Å². The zero-order chi connectivity index (χ0) is 21.6. The van der Waals surface area contributed by atoms with Crippen molar-refractivity contribution in [3.8, 4) is 0 Å². The summed E-state index contributed by atoms with van der Waals surface area (Å²) in [5, 5.41) is 13.0. The van der Waals surface area contributed by atoms with Crippen LogP contribution in [-0.2, 0) is 25.6 Å². The van der Waals surface area contributed by atoms with Gasteiger partial charge in [-0.3, -0.25) is 4.90 Å². The van der Waals surface area contributed by atoms with Crippen molar-refractivity contribution in [1.29, 1.82) is 0 Å². The number of hydrogen-bond acceptors (Lipinski definition) is 7. The van der Waals surface area contributed by atoms with Crippen LogP contribution in [0.2, 0.25) is 0 Å². The summed E-state index contributed by atoms with van der Waals surface area (Å²) in [4.78, 5) is 37.9. The van der Waals surface area contributed by atoms with Gasteiger partial charge < -0.3 is 24.6 Å². The predicted molar refractivity (Wildman–Crippen MR) is 103 cm³/mol. The fourth-order valence-electron chi connectivity index (χ4n) is 3.10. The van der Waals surface area contributed by atoms with Gasteiger partial charge in [0.05, 0.1) is 19.2 Å². The van der Waals surface area contributed by atoms with Gasteiger partial charge in [-0.05, 0) is 32.8 Å². The molecule has 1 heterocycles. The Morgan fingerprint density at radius 3 is 2.48 bits per heavy atom. The third-order valence-electron chi connectivity index (χ3n) is 4.36. The summed E-state index contributed by atoms with van der Waals surface area (Å²) in [6.45, 7) is 5.38. The van der Waals surface area contributed by atoms with Gasteiger partial charge in [0.15, 0.2) is 6.10 Å². The maximum absolute atomic E-state index is 12.6. The number of rotatable bonds is 5.